The zero-order valence-corrected chi connectivity index (χ0v) is 12.6. The van der Waals surface area contributed by atoms with Crippen LogP contribution in [0.2, 0.25) is 0 Å². The summed E-state index contributed by atoms with van der Waals surface area (Å²) in [5.41, 5.74) is 5.60. The van der Waals surface area contributed by atoms with Crippen molar-refractivity contribution in [3.05, 3.63) is 64.4 Å². The third kappa shape index (κ3) is 2.80. The van der Waals surface area contributed by atoms with Gasteiger partial charge in [-0.3, -0.25) is 16.3 Å². The molecule has 0 aliphatic heterocycles. The van der Waals surface area contributed by atoms with Crippen LogP contribution >= 0.6 is 15.9 Å². The molecule has 3 aromatic rings. The highest BCUT2D eigenvalue weighted by Crippen LogP contribution is 2.24. The van der Waals surface area contributed by atoms with Gasteiger partial charge < -0.3 is 0 Å². The maximum Gasteiger partial charge on any atom is 0.137 e. The van der Waals surface area contributed by atoms with Crippen molar-refractivity contribution in [3.8, 4) is 0 Å². The number of fused-ring (bicyclic) bond motifs is 1. The standard InChI is InChI=1S/C14H13BrFN5/c15-11-5-9(1-2-12(11)16)6-13(20-17)10-7-19-21-4-3-18-8-14(10)21/h1-5,7-8,13,20H,6,17H2. The van der Waals surface area contributed by atoms with Gasteiger partial charge in [0.1, 0.15) is 5.82 Å². The molecule has 0 saturated heterocycles. The first-order valence-corrected chi connectivity index (χ1v) is 7.15. The number of nitrogens with one attached hydrogen (secondary N) is 1. The van der Waals surface area contributed by atoms with E-state index in [4.69, 9.17) is 5.84 Å². The highest BCUT2D eigenvalue weighted by Gasteiger charge is 2.16. The van der Waals surface area contributed by atoms with Crippen LogP contribution in [0.1, 0.15) is 17.2 Å². The molecule has 3 rings (SSSR count). The number of benzene rings is 1. The van der Waals surface area contributed by atoms with Crippen molar-refractivity contribution in [1.82, 2.24) is 20.0 Å². The fourth-order valence-electron chi connectivity index (χ4n) is 2.28. The van der Waals surface area contributed by atoms with Gasteiger partial charge in [-0.05, 0) is 40.0 Å². The predicted octanol–water partition coefficient (Wildman–Crippen LogP) is 2.38. The van der Waals surface area contributed by atoms with Gasteiger partial charge in [0, 0.05) is 18.0 Å². The Hall–Kier alpha value is -1.83. The summed E-state index contributed by atoms with van der Waals surface area (Å²) in [4.78, 5) is 4.11. The summed E-state index contributed by atoms with van der Waals surface area (Å²) >= 11 is 3.19. The lowest BCUT2D eigenvalue weighted by Crippen LogP contribution is -2.29. The van der Waals surface area contributed by atoms with Crippen LogP contribution in [0.25, 0.3) is 5.52 Å². The Bertz CT molecular complexity index is 773. The molecule has 0 spiro atoms. The van der Waals surface area contributed by atoms with Crippen molar-refractivity contribution in [2.75, 3.05) is 0 Å². The quantitative estimate of drug-likeness (QED) is 0.560. The molecule has 5 nitrogen and oxygen atoms in total. The molecule has 0 bridgehead atoms. The van der Waals surface area contributed by atoms with E-state index in [-0.39, 0.29) is 11.9 Å². The third-order valence-corrected chi connectivity index (χ3v) is 3.96. The molecule has 7 heteroatoms. The topological polar surface area (TPSA) is 68.2 Å². The van der Waals surface area contributed by atoms with E-state index in [0.717, 1.165) is 16.6 Å². The van der Waals surface area contributed by atoms with Crippen molar-refractivity contribution in [1.29, 1.82) is 0 Å². The van der Waals surface area contributed by atoms with E-state index in [1.54, 1.807) is 41.4 Å². The fourth-order valence-corrected chi connectivity index (χ4v) is 2.71. The number of nitrogens with zero attached hydrogens (tertiary/aromatic N) is 3. The molecule has 2 aromatic heterocycles. The van der Waals surface area contributed by atoms with Crippen molar-refractivity contribution in [2.45, 2.75) is 12.5 Å². The monoisotopic (exact) mass is 349 g/mol. The molecule has 2 heterocycles. The van der Waals surface area contributed by atoms with E-state index < -0.39 is 0 Å². The second-order valence-electron chi connectivity index (χ2n) is 4.68. The van der Waals surface area contributed by atoms with Crippen LogP contribution in [0.3, 0.4) is 0 Å². The molecular formula is C14H13BrFN5. The summed E-state index contributed by atoms with van der Waals surface area (Å²) in [6.45, 7) is 0. The lowest BCUT2D eigenvalue weighted by atomic mass is 10.0. The van der Waals surface area contributed by atoms with E-state index in [1.807, 2.05) is 0 Å². The summed E-state index contributed by atoms with van der Waals surface area (Å²) in [5.74, 6) is 5.40. The van der Waals surface area contributed by atoms with Crippen LogP contribution < -0.4 is 11.3 Å². The maximum absolute atomic E-state index is 13.3. The zero-order chi connectivity index (χ0) is 14.8. The molecule has 0 amide bonds. The van der Waals surface area contributed by atoms with Gasteiger partial charge in [-0.2, -0.15) is 5.10 Å². The van der Waals surface area contributed by atoms with Gasteiger partial charge in [0.2, 0.25) is 0 Å². The van der Waals surface area contributed by atoms with Gasteiger partial charge in [0.05, 0.1) is 28.4 Å². The number of hydrogen-bond acceptors (Lipinski definition) is 4. The van der Waals surface area contributed by atoms with Gasteiger partial charge in [0.15, 0.2) is 0 Å². The molecule has 108 valence electrons. The molecule has 1 aromatic carbocycles. The average Bonchev–Trinajstić information content (AvgIpc) is 2.92. The molecule has 21 heavy (non-hydrogen) atoms. The van der Waals surface area contributed by atoms with E-state index in [2.05, 4.69) is 31.4 Å². The minimum atomic E-state index is -0.281. The third-order valence-electron chi connectivity index (χ3n) is 3.36. The molecule has 0 aliphatic carbocycles. The molecule has 0 saturated carbocycles. The minimum Gasteiger partial charge on any atom is -0.271 e. The largest absolute Gasteiger partial charge is 0.271 e. The van der Waals surface area contributed by atoms with E-state index in [9.17, 15) is 4.39 Å². The Morgan fingerprint density at radius 3 is 3.00 bits per heavy atom. The Labute approximate surface area is 129 Å². The number of halogens is 2. The lowest BCUT2D eigenvalue weighted by molar-refractivity contribution is 0.553. The Morgan fingerprint density at radius 2 is 2.24 bits per heavy atom. The van der Waals surface area contributed by atoms with Crippen molar-refractivity contribution < 1.29 is 4.39 Å². The van der Waals surface area contributed by atoms with Crippen molar-refractivity contribution in [2.24, 2.45) is 5.84 Å². The van der Waals surface area contributed by atoms with E-state index in [1.165, 1.54) is 6.07 Å². The van der Waals surface area contributed by atoms with Crippen LogP contribution in [0.4, 0.5) is 4.39 Å². The van der Waals surface area contributed by atoms with Gasteiger partial charge in [0.25, 0.3) is 0 Å². The molecule has 0 fully saturated rings. The molecule has 1 unspecified atom stereocenters. The van der Waals surface area contributed by atoms with Crippen LogP contribution in [-0.4, -0.2) is 14.6 Å². The molecular weight excluding hydrogens is 337 g/mol. The first kappa shape index (κ1) is 14.1. The lowest BCUT2D eigenvalue weighted by Gasteiger charge is -2.15. The van der Waals surface area contributed by atoms with Crippen LogP contribution in [0, 0.1) is 5.82 Å². The van der Waals surface area contributed by atoms with Crippen LogP contribution in [0.15, 0.2) is 47.5 Å². The minimum absolute atomic E-state index is 0.135. The van der Waals surface area contributed by atoms with Gasteiger partial charge >= 0.3 is 0 Å². The predicted molar refractivity (Wildman–Crippen MR) is 80.9 cm³/mol. The van der Waals surface area contributed by atoms with Crippen molar-refractivity contribution >= 4 is 21.4 Å². The number of hydrogen-bond donors (Lipinski definition) is 2. The molecule has 0 radical (unpaired) electrons. The van der Waals surface area contributed by atoms with Crippen molar-refractivity contribution in [3.63, 3.8) is 0 Å². The molecule has 3 N–H and O–H groups in total. The van der Waals surface area contributed by atoms with Crippen LogP contribution in [0.5, 0.6) is 0 Å². The fraction of sp³-hybridized carbons (Fsp3) is 0.143. The first-order valence-electron chi connectivity index (χ1n) is 6.36. The van der Waals surface area contributed by atoms with Gasteiger partial charge in [-0.1, -0.05) is 6.07 Å². The second-order valence-corrected chi connectivity index (χ2v) is 5.53. The number of nitrogens with two attached hydrogens (primary N) is 1. The summed E-state index contributed by atoms with van der Waals surface area (Å²) in [5, 5.41) is 4.27. The number of hydrazine groups is 1. The Kier molecular flexibility index (Phi) is 3.96. The average molecular weight is 350 g/mol. The molecule has 1 atom stereocenters. The molecule has 0 aliphatic rings. The smallest absolute Gasteiger partial charge is 0.137 e. The number of rotatable bonds is 4. The number of aromatic nitrogens is 3. The summed E-state index contributed by atoms with van der Waals surface area (Å²) in [7, 11) is 0. The second kappa shape index (κ2) is 5.88. The Balaban J connectivity index is 1.93. The first-order chi connectivity index (χ1) is 10.2. The summed E-state index contributed by atoms with van der Waals surface area (Å²) < 4.78 is 15.5. The maximum atomic E-state index is 13.3. The summed E-state index contributed by atoms with van der Waals surface area (Å²) in [6, 6.07) is 4.80. The van der Waals surface area contributed by atoms with Crippen LogP contribution in [-0.2, 0) is 6.42 Å². The Morgan fingerprint density at radius 1 is 1.38 bits per heavy atom. The zero-order valence-electron chi connectivity index (χ0n) is 11.0. The highest BCUT2D eigenvalue weighted by molar-refractivity contribution is 9.10. The van der Waals surface area contributed by atoms with Gasteiger partial charge in [-0.25, -0.2) is 8.91 Å². The highest BCUT2D eigenvalue weighted by atomic mass is 79.9. The van der Waals surface area contributed by atoms with E-state index in [0.29, 0.717) is 10.9 Å². The SMILES string of the molecule is NNC(Cc1ccc(F)c(Br)c1)c1cnn2ccncc12. The van der Waals surface area contributed by atoms with E-state index >= 15 is 0 Å². The summed E-state index contributed by atoms with van der Waals surface area (Å²) in [6.07, 6.45) is 7.58. The normalized spacial score (nSPS) is 12.7. The van der Waals surface area contributed by atoms with Gasteiger partial charge in [-0.15, -0.1) is 0 Å².